The SMILES string of the molecule is COc1nccc2c(=O)c(C(=O)O)c[nH]c12. The minimum Gasteiger partial charge on any atom is -0.479 e. The molecule has 0 saturated carbocycles. The van der Waals surface area contributed by atoms with Crippen molar-refractivity contribution in [1.82, 2.24) is 9.97 Å². The number of hydrogen-bond acceptors (Lipinski definition) is 4. The van der Waals surface area contributed by atoms with Crippen molar-refractivity contribution in [3.63, 3.8) is 0 Å². The standard InChI is InChI=1S/C10H8N2O4/c1-16-9-7-5(2-3-11-9)8(13)6(4-12-7)10(14)15/h2-4H,1H3,(H,12,13)(H,14,15). The molecule has 0 unspecified atom stereocenters. The third kappa shape index (κ3) is 1.40. The minimum atomic E-state index is -1.26. The third-order valence-electron chi connectivity index (χ3n) is 2.19. The summed E-state index contributed by atoms with van der Waals surface area (Å²) in [7, 11) is 1.42. The number of methoxy groups -OCH3 is 1. The summed E-state index contributed by atoms with van der Waals surface area (Å²) in [6.07, 6.45) is 2.53. The Morgan fingerprint density at radius 3 is 2.94 bits per heavy atom. The van der Waals surface area contributed by atoms with Gasteiger partial charge in [0.25, 0.3) is 0 Å². The van der Waals surface area contributed by atoms with Crippen LogP contribution < -0.4 is 10.2 Å². The van der Waals surface area contributed by atoms with Crippen LogP contribution in [-0.2, 0) is 0 Å². The average molecular weight is 220 g/mol. The van der Waals surface area contributed by atoms with Gasteiger partial charge in [0.2, 0.25) is 11.3 Å². The number of nitrogens with one attached hydrogen (secondary N) is 1. The molecule has 0 bridgehead atoms. The van der Waals surface area contributed by atoms with Crippen molar-refractivity contribution in [1.29, 1.82) is 0 Å². The van der Waals surface area contributed by atoms with E-state index in [9.17, 15) is 9.59 Å². The van der Waals surface area contributed by atoms with Crippen LogP contribution in [0.2, 0.25) is 0 Å². The smallest absolute Gasteiger partial charge is 0.341 e. The van der Waals surface area contributed by atoms with E-state index in [-0.39, 0.29) is 16.8 Å². The number of hydrogen-bond donors (Lipinski definition) is 2. The van der Waals surface area contributed by atoms with Gasteiger partial charge in [-0.15, -0.1) is 0 Å². The second-order valence-electron chi connectivity index (χ2n) is 3.08. The summed E-state index contributed by atoms with van der Waals surface area (Å²) in [5.74, 6) is -1.01. The van der Waals surface area contributed by atoms with Crippen molar-refractivity contribution in [2.24, 2.45) is 0 Å². The topological polar surface area (TPSA) is 92.3 Å². The van der Waals surface area contributed by atoms with Gasteiger partial charge < -0.3 is 14.8 Å². The number of carboxylic acid groups (broad SMARTS) is 1. The van der Waals surface area contributed by atoms with E-state index in [0.29, 0.717) is 5.52 Å². The number of carboxylic acids is 1. The summed E-state index contributed by atoms with van der Waals surface area (Å²) in [6, 6.07) is 1.45. The van der Waals surface area contributed by atoms with E-state index in [4.69, 9.17) is 9.84 Å². The fourth-order valence-corrected chi connectivity index (χ4v) is 1.44. The van der Waals surface area contributed by atoms with Crippen LogP contribution in [0.3, 0.4) is 0 Å². The van der Waals surface area contributed by atoms with Crippen molar-refractivity contribution in [3.8, 4) is 5.88 Å². The average Bonchev–Trinajstić information content (AvgIpc) is 2.28. The second-order valence-corrected chi connectivity index (χ2v) is 3.08. The fraction of sp³-hybridized carbons (Fsp3) is 0.100. The second kappa shape index (κ2) is 3.65. The molecule has 6 heteroatoms. The Morgan fingerprint density at radius 2 is 2.31 bits per heavy atom. The molecule has 0 amide bonds. The Labute approximate surface area is 89.5 Å². The molecule has 0 aliphatic heterocycles. The highest BCUT2D eigenvalue weighted by molar-refractivity contribution is 5.93. The van der Waals surface area contributed by atoms with Crippen molar-refractivity contribution < 1.29 is 14.6 Å². The lowest BCUT2D eigenvalue weighted by molar-refractivity contribution is 0.0695. The van der Waals surface area contributed by atoms with Gasteiger partial charge in [-0.05, 0) is 6.07 Å². The van der Waals surface area contributed by atoms with E-state index in [0.717, 1.165) is 6.20 Å². The molecule has 0 aliphatic carbocycles. The van der Waals surface area contributed by atoms with Gasteiger partial charge in [0, 0.05) is 12.4 Å². The number of nitrogens with zero attached hydrogens (tertiary/aromatic N) is 1. The van der Waals surface area contributed by atoms with Crippen molar-refractivity contribution >= 4 is 16.9 Å². The Bertz CT molecular complexity index is 618. The molecule has 0 aromatic carbocycles. The number of carbonyl (C=O) groups is 1. The molecule has 2 heterocycles. The number of ether oxygens (including phenoxy) is 1. The Hall–Kier alpha value is -2.37. The molecule has 6 nitrogen and oxygen atoms in total. The lowest BCUT2D eigenvalue weighted by Gasteiger charge is -2.03. The van der Waals surface area contributed by atoms with Gasteiger partial charge in [-0.25, -0.2) is 9.78 Å². The largest absolute Gasteiger partial charge is 0.479 e. The maximum absolute atomic E-state index is 11.8. The fourth-order valence-electron chi connectivity index (χ4n) is 1.44. The predicted molar refractivity (Wildman–Crippen MR) is 55.9 cm³/mol. The molecule has 0 aliphatic rings. The number of aromatic carboxylic acids is 1. The van der Waals surface area contributed by atoms with Gasteiger partial charge in [-0.2, -0.15) is 0 Å². The van der Waals surface area contributed by atoms with Gasteiger partial charge in [0.05, 0.1) is 12.5 Å². The summed E-state index contributed by atoms with van der Waals surface area (Å²) in [6.45, 7) is 0. The molecular weight excluding hydrogens is 212 g/mol. The van der Waals surface area contributed by atoms with E-state index in [1.165, 1.54) is 19.4 Å². The maximum Gasteiger partial charge on any atom is 0.341 e. The summed E-state index contributed by atoms with van der Waals surface area (Å²) in [4.78, 5) is 29.1. The number of H-pyrrole nitrogens is 1. The first-order valence-electron chi connectivity index (χ1n) is 4.43. The lowest BCUT2D eigenvalue weighted by atomic mass is 10.2. The first-order valence-corrected chi connectivity index (χ1v) is 4.43. The number of aromatic amines is 1. The van der Waals surface area contributed by atoms with Gasteiger partial charge in [-0.3, -0.25) is 4.79 Å². The third-order valence-corrected chi connectivity index (χ3v) is 2.19. The van der Waals surface area contributed by atoms with Gasteiger partial charge >= 0.3 is 5.97 Å². The van der Waals surface area contributed by atoms with Crippen LogP contribution in [0.4, 0.5) is 0 Å². The number of aromatic nitrogens is 2. The number of pyridine rings is 2. The zero-order chi connectivity index (χ0) is 11.7. The molecule has 0 spiro atoms. The summed E-state index contributed by atoms with van der Waals surface area (Å²) in [5.41, 5.74) is -0.470. The molecule has 2 rings (SSSR count). The highest BCUT2D eigenvalue weighted by Crippen LogP contribution is 2.17. The molecule has 0 atom stereocenters. The molecular formula is C10H8N2O4. The van der Waals surface area contributed by atoms with Crippen LogP contribution in [0.5, 0.6) is 5.88 Å². The summed E-state index contributed by atoms with van der Waals surface area (Å²) in [5, 5.41) is 9.03. The summed E-state index contributed by atoms with van der Waals surface area (Å²) >= 11 is 0. The van der Waals surface area contributed by atoms with Crippen LogP contribution in [0.25, 0.3) is 10.9 Å². The zero-order valence-electron chi connectivity index (χ0n) is 8.35. The van der Waals surface area contributed by atoms with Gasteiger partial charge in [0.1, 0.15) is 11.1 Å². The van der Waals surface area contributed by atoms with Crippen LogP contribution in [0.15, 0.2) is 23.3 Å². The van der Waals surface area contributed by atoms with Crippen molar-refractivity contribution in [2.45, 2.75) is 0 Å². The number of fused-ring (bicyclic) bond motifs is 1. The van der Waals surface area contributed by atoms with E-state index in [1.54, 1.807) is 0 Å². The Balaban J connectivity index is 2.87. The summed E-state index contributed by atoms with van der Waals surface area (Å²) < 4.78 is 4.95. The molecule has 0 fully saturated rings. The normalized spacial score (nSPS) is 10.3. The Morgan fingerprint density at radius 1 is 1.56 bits per heavy atom. The quantitative estimate of drug-likeness (QED) is 0.774. The molecule has 0 radical (unpaired) electrons. The van der Waals surface area contributed by atoms with E-state index < -0.39 is 11.4 Å². The van der Waals surface area contributed by atoms with Crippen LogP contribution in [0, 0.1) is 0 Å². The van der Waals surface area contributed by atoms with Gasteiger partial charge in [-0.1, -0.05) is 0 Å². The van der Waals surface area contributed by atoms with Crippen LogP contribution in [-0.4, -0.2) is 28.2 Å². The monoisotopic (exact) mass is 220 g/mol. The minimum absolute atomic E-state index is 0.242. The van der Waals surface area contributed by atoms with E-state index in [2.05, 4.69) is 9.97 Å². The first kappa shape index (κ1) is 10.2. The molecule has 2 N–H and O–H groups in total. The van der Waals surface area contributed by atoms with E-state index in [1.807, 2.05) is 0 Å². The number of rotatable bonds is 2. The van der Waals surface area contributed by atoms with Crippen molar-refractivity contribution in [3.05, 3.63) is 34.2 Å². The maximum atomic E-state index is 11.8. The molecule has 0 saturated heterocycles. The van der Waals surface area contributed by atoms with Gasteiger partial charge in [0.15, 0.2) is 0 Å². The highest BCUT2D eigenvalue weighted by atomic mass is 16.5. The first-order chi connectivity index (χ1) is 7.65. The molecule has 2 aromatic heterocycles. The lowest BCUT2D eigenvalue weighted by Crippen LogP contribution is -2.15. The van der Waals surface area contributed by atoms with Crippen LogP contribution >= 0.6 is 0 Å². The molecule has 16 heavy (non-hydrogen) atoms. The molecule has 2 aromatic rings. The molecule has 82 valence electrons. The highest BCUT2D eigenvalue weighted by Gasteiger charge is 2.13. The van der Waals surface area contributed by atoms with Crippen LogP contribution in [0.1, 0.15) is 10.4 Å². The van der Waals surface area contributed by atoms with E-state index >= 15 is 0 Å². The predicted octanol–water partition coefficient (Wildman–Crippen LogP) is 0.630. The van der Waals surface area contributed by atoms with Crippen molar-refractivity contribution in [2.75, 3.05) is 7.11 Å². The zero-order valence-corrected chi connectivity index (χ0v) is 8.35. The Kier molecular flexibility index (Phi) is 2.32.